The SMILES string of the molecule is CC(C)c1cc(Nc2nc3cc(Oc4ccnc(CC(=O)N5CCN(C)CC5)c4)ccc3n2C)ccc1Cl. The molecule has 1 amide bonds. The monoisotopic (exact) mass is 532 g/mol. The Hall–Kier alpha value is -3.62. The molecule has 0 atom stereocenters. The zero-order valence-electron chi connectivity index (χ0n) is 22.2. The molecule has 198 valence electrons. The first-order valence-corrected chi connectivity index (χ1v) is 13.3. The van der Waals surface area contributed by atoms with Crippen molar-refractivity contribution in [2.75, 3.05) is 38.5 Å². The van der Waals surface area contributed by atoms with Gasteiger partial charge in [-0.25, -0.2) is 4.98 Å². The lowest BCUT2D eigenvalue weighted by Gasteiger charge is -2.32. The number of amides is 1. The molecule has 1 aliphatic heterocycles. The number of pyridine rings is 1. The Morgan fingerprint density at radius 3 is 2.55 bits per heavy atom. The van der Waals surface area contributed by atoms with E-state index in [0.29, 0.717) is 23.1 Å². The summed E-state index contributed by atoms with van der Waals surface area (Å²) in [7, 11) is 4.05. The molecule has 0 aliphatic carbocycles. The molecule has 38 heavy (non-hydrogen) atoms. The lowest BCUT2D eigenvalue weighted by Crippen LogP contribution is -2.47. The van der Waals surface area contributed by atoms with Gasteiger partial charge in [-0.1, -0.05) is 25.4 Å². The number of hydrogen-bond acceptors (Lipinski definition) is 6. The third-order valence-electron chi connectivity index (χ3n) is 6.94. The lowest BCUT2D eigenvalue weighted by molar-refractivity contribution is -0.132. The number of carbonyl (C=O) groups excluding carboxylic acids is 1. The zero-order chi connectivity index (χ0) is 26.8. The van der Waals surface area contributed by atoms with E-state index >= 15 is 0 Å². The third kappa shape index (κ3) is 5.76. The molecule has 2 aromatic heterocycles. The molecule has 1 aliphatic rings. The maximum absolute atomic E-state index is 12.7. The molecule has 5 rings (SSSR count). The topological polar surface area (TPSA) is 75.5 Å². The Bertz CT molecular complexity index is 1460. The van der Waals surface area contributed by atoms with Crippen molar-refractivity contribution in [1.29, 1.82) is 0 Å². The molecule has 1 saturated heterocycles. The summed E-state index contributed by atoms with van der Waals surface area (Å²) >= 11 is 6.36. The maximum Gasteiger partial charge on any atom is 0.228 e. The van der Waals surface area contributed by atoms with Gasteiger partial charge >= 0.3 is 0 Å². The predicted octanol–water partition coefficient (Wildman–Crippen LogP) is 5.60. The quantitative estimate of drug-likeness (QED) is 0.334. The van der Waals surface area contributed by atoms with Crippen LogP contribution in [-0.4, -0.2) is 63.5 Å². The second-order valence-corrected chi connectivity index (χ2v) is 10.5. The summed E-state index contributed by atoms with van der Waals surface area (Å²) in [6, 6.07) is 15.4. The van der Waals surface area contributed by atoms with E-state index < -0.39 is 0 Å². The molecule has 8 nitrogen and oxygen atoms in total. The molecule has 0 spiro atoms. The lowest BCUT2D eigenvalue weighted by atomic mass is 10.0. The molecule has 1 fully saturated rings. The highest BCUT2D eigenvalue weighted by atomic mass is 35.5. The van der Waals surface area contributed by atoms with Crippen molar-refractivity contribution in [3.05, 3.63) is 71.0 Å². The highest BCUT2D eigenvalue weighted by Gasteiger charge is 2.20. The number of benzene rings is 2. The summed E-state index contributed by atoms with van der Waals surface area (Å²) in [5.74, 6) is 2.44. The smallest absolute Gasteiger partial charge is 0.228 e. The van der Waals surface area contributed by atoms with Crippen LogP contribution in [0.25, 0.3) is 11.0 Å². The van der Waals surface area contributed by atoms with Crippen LogP contribution in [0.2, 0.25) is 5.02 Å². The van der Waals surface area contributed by atoms with Gasteiger partial charge in [-0.15, -0.1) is 0 Å². The van der Waals surface area contributed by atoms with Crippen molar-refractivity contribution in [3.8, 4) is 11.5 Å². The van der Waals surface area contributed by atoms with E-state index in [1.54, 1.807) is 12.3 Å². The molecule has 0 saturated carbocycles. The average Bonchev–Trinajstić information content (AvgIpc) is 3.19. The summed E-state index contributed by atoms with van der Waals surface area (Å²) in [4.78, 5) is 26.0. The Morgan fingerprint density at radius 1 is 1.03 bits per heavy atom. The van der Waals surface area contributed by atoms with E-state index in [2.05, 4.69) is 42.2 Å². The standard InChI is InChI=1S/C29H33ClN6O2/c1-19(2)24-16-20(5-7-25(24)30)32-29-33-26-18-22(6-8-27(26)35(29)4)38-23-9-10-31-21(15-23)17-28(37)36-13-11-34(3)12-14-36/h5-10,15-16,18-19H,11-14,17H2,1-4H3,(H,32,33). The van der Waals surface area contributed by atoms with Gasteiger partial charge in [-0.2, -0.15) is 0 Å². The van der Waals surface area contributed by atoms with E-state index in [0.717, 1.165) is 59.4 Å². The molecule has 0 bridgehead atoms. The minimum absolute atomic E-state index is 0.0962. The first kappa shape index (κ1) is 26.0. The molecular weight excluding hydrogens is 500 g/mol. The minimum atomic E-state index is 0.0962. The summed E-state index contributed by atoms with van der Waals surface area (Å²) in [5, 5.41) is 4.18. The number of anilines is 2. The molecule has 3 heterocycles. The van der Waals surface area contributed by atoms with Crippen LogP contribution in [0.5, 0.6) is 11.5 Å². The Morgan fingerprint density at radius 2 is 1.79 bits per heavy atom. The number of piperazine rings is 1. The van der Waals surface area contributed by atoms with Crippen molar-refractivity contribution in [3.63, 3.8) is 0 Å². The number of carbonyl (C=O) groups is 1. The van der Waals surface area contributed by atoms with Gasteiger partial charge in [-0.05, 0) is 54.9 Å². The molecular formula is C29H33ClN6O2. The first-order chi connectivity index (χ1) is 18.3. The predicted molar refractivity (Wildman–Crippen MR) is 152 cm³/mol. The maximum atomic E-state index is 12.7. The summed E-state index contributed by atoms with van der Waals surface area (Å²) < 4.78 is 8.15. The van der Waals surface area contributed by atoms with Crippen LogP contribution in [0.3, 0.4) is 0 Å². The number of fused-ring (bicyclic) bond motifs is 1. The fourth-order valence-corrected chi connectivity index (χ4v) is 4.96. The van der Waals surface area contributed by atoms with E-state index in [1.807, 2.05) is 52.9 Å². The Kier molecular flexibility index (Phi) is 7.53. The van der Waals surface area contributed by atoms with Crippen molar-refractivity contribution in [1.82, 2.24) is 24.3 Å². The largest absolute Gasteiger partial charge is 0.457 e. The van der Waals surface area contributed by atoms with Crippen LogP contribution >= 0.6 is 11.6 Å². The van der Waals surface area contributed by atoms with Crippen molar-refractivity contribution < 1.29 is 9.53 Å². The van der Waals surface area contributed by atoms with Crippen LogP contribution in [0.15, 0.2) is 54.7 Å². The molecule has 0 unspecified atom stereocenters. The van der Waals surface area contributed by atoms with Gasteiger partial charge in [0.25, 0.3) is 0 Å². The number of hydrogen-bond donors (Lipinski definition) is 1. The average molecular weight is 533 g/mol. The van der Waals surface area contributed by atoms with Gasteiger partial charge in [0, 0.05) is 62.3 Å². The van der Waals surface area contributed by atoms with Crippen LogP contribution in [-0.2, 0) is 18.3 Å². The molecule has 1 N–H and O–H groups in total. The number of aromatic nitrogens is 3. The second-order valence-electron chi connectivity index (χ2n) is 10.1. The van der Waals surface area contributed by atoms with Crippen LogP contribution in [0.4, 0.5) is 11.6 Å². The summed E-state index contributed by atoms with van der Waals surface area (Å²) in [5.41, 5.74) is 4.51. The van der Waals surface area contributed by atoms with E-state index in [-0.39, 0.29) is 12.3 Å². The highest BCUT2D eigenvalue weighted by molar-refractivity contribution is 6.31. The van der Waals surface area contributed by atoms with E-state index in [1.165, 1.54) is 0 Å². The van der Waals surface area contributed by atoms with Crippen LogP contribution < -0.4 is 10.1 Å². The van der Waals surface area contributed by atoms with Gasteiger partial charge in [0.15, 0.2) is 0 Å². The molecule has 4 aromatic rings. The molecule has 0 radical (unpaired) electrons. The normalized spacial score (nSPS) is 14.3. The van der Waals surface area contributed by atoms with E-state index in [9.17, 15) is 4.79 Å². The van der Waals surface area contributed by atoms with Crippen molar-refractivity contribution >= 4 is 40.2 Å². The van der Waals surface area contributed by atoms with Gasteiger partial charge in [0.2, 0.25) is 11.9 Å². The van der Waals surface area contributed by atoms with Crippen molar-refractivity contribution in [2.45, 2.75) is 26.2 Å². The first-order valence-electron chi connectivity index (χ1n) is 12.9. The molecule has 9 heteroatoms. The van der Waals surface area contributed by atoms with Gasteiger partial charge in [-0.3, -0.25) is 9.78 Å². The number of nitrogens with one attached hydrogen (secondary N) is 1. The van der Waals surface area contributed by atoms with Crippen LogP contribution in [0.1, 0.15) is 31.0 Å². The number of ether oxygens (including phenoxy) is 1. The minimum Gasteiger partial charge on any atom is -0.457 e. The second kappa shape index (κ2) is 11.0. The summed E-state index contributed by atoms with van der Waals surface area (Å²) in [6.07, 6.45) is 1.94. The van der Waals surface area contributed by atoms with Crippen molar-refractivity contribution in [2.24, 2.45) is 7.05 Å². The van der Waals surface area contributed by atoms with Gasteiger partial charge in [0.05, 0.1) is 23.1 Å². The number of aryl methyl sites for hydroxylation is 1. The number of rotatable bonds is 7. The third-order valence-corrected chi connectivity index (χ3v) is 7.28. The van der Waals surface area contributed by atoms with E-state index in [4.69, 9.17) is 21.3 Å². The molecule has 2 aromatic carbocycles. The highest BCUT2D eigenvalue weighted by Crippen LogP contribution is 2.31. The number of imidazole rings is 1. The Balaban J connectivity index is 1.30. The van der Waals surface area contributed by atoms with Crippen LogP contribution in [0, 0.1) is 0 Å². The number of halogens is 1. The summed E-state index contributed by atoms with van der Waals surface area (Å²) in [6.45, 7) is 7.55. The zero-order valence-corrected chi connectivity index (χ0v) is 23.0. The number of likely N-dealkylation sites (N-methyl/N-ethyl adjacent to an activating group) is 1. The van der Waals surface area contributed by atoms with Gasteiger partial charge < -0.3 is 24.4 Å². The Labute approximate surface area is 228 Å². The number of nitrogens with zero attached hydrogens (tertiary/aromatic N) is 5. The van der Waals surface area contributed by atoms with Gasteiger partial charge in [0.1, 0.15) is 11.5 Å². The fourth-order valence-electron chi connectivity index (χ4n) is 4.62. The fraction of sp³-hybridized carbons (Fsp3) is 0.345.